The van der Waals surface area contributed by atoms with Crippen LogP contribution in [0, 0.1) is 27.7 Å². The summed E-state index contributed by atoms with van der Waals surface area (Å²) in [5, 5.41) is 5.41. The van der Waals surface area contributed by atoms with Gasteiger partial charge in [-0.25, -0.2) is 0 Å². The number of aromatic nitrogens is 3. The Morgan fingerprint density at radius 3 is 2.44 bits per heavy atom. The molecular formula is C23H25N3O. The third-order valence-electron chi connectivity index (χ3n) is 5.61. The van der Waals surface area contributed by atoms with Gasteiger partial charge in [-0.3, -0.25) is 4.98 Å². The fraction of sp³-hybridized carbons (Fsp3) is 0.304. The van der Waals surface area contributed by atoms with E-state index in [0.717, 1.165) is 42.1 Å². The number of fused-ring (bicyclic) bond motifs is 1. The van der Waals surface area contributed by atoms with Crippen LogP contribution in [0.1, 0.15) is 39.5 Å². The van der Waals surface area contributed by atoms with Gasteiger partial charge in [-0.15, -0.1) is 0 Å². The number of benzene rings is 1. The monoisotopic (exact) mass is 359 g/mol. The fourth-order valence-corrected chi connectivity index (χ4v) is 3.84. The average molecular weight is 359 g/mol. The Kier molecular flexibility index (Phi) is 4.56. The maximum Gasteiger partial charge on any atom is 0.138 e. The Hall–Kier alpha value is -2.88. The van der Waals surface area contributed by atoms with Crippen LogP contribution in [0.15, 0.2) is 47.1 Å². The first kappa shape index (κ1) is 17.5. The molecule has 0 N–H and O–H groups in total. The Morgan fingerprint density at radius 1 is 0.963 bits per heavy atom. The highest BCUT2D eigenvalue weighted by molar-refractivity contribution is 5.87. The van der Waals surface area contributed by atoms with Gasteiger partial charge in [0.05, 0.1) is 23.4 Å². The lowest BCUT2D eigenvalue weighted by molar-refractivity contribution is 0.392. The molecule has 4 heteroatoms. The lowest BCUT2D eigenvalue weighted by atomic mass is 10.1. The van der Waals surface area contributed by atoms with Crippen molar-refractivity contribution in [1.29, 1.82) is 0 Å². The van der Waals surface area contributed by atoms with E-state index in [2.05, 4.69) is 60.0 Å². The van der Waals surface area contributed by atoms with E-state index in [0.29, 0.717) is 0 Å². The first-order valence-corrected chi connectivity index (χ1v) is 9.45. The molecule has 0 saturated heterocycles. The molecule has 3 aromatic heterocycles. The highest BCUT2D eigenvalue weighted by Crippen LogP contribution is 2.29. The Bertz CT molecular complexity index is 1070. The van der Waals surface area contributed by atoms with E-state index < -0.39 is 0 Å². The summed E-state index contributed by atoms with van der Waals surface area (Å²) in [6, 6.07) is 12.7. The predicted molar refractivity (Wildman–Crippen MR) is 108 cm³/mol. The second kappa shape index (κ2) is 7.03. The molecule has 27 heavy (non-hydrogen) atoms. The van der Waals surface area contributed by atoms with Crippen molar-refractivity contribution in [2.45, 2.75) is 47.1 Å². The molecule has 0 radical (unpaired) electrons. The molecule has 4 nitrogen and oxygen atoms in total. The summed E-state index contributed by atoms with van der Waals surface area (Å²) < 4.78 is 7.76. The zero-order valence-electron chi connectivity index (χ0n) is 16.4. The Labute approximate surface area is 159 Å². The molecule has 1 aromatic carbocycles. The van der Waals surface area contributed by atoms with Crippen molar-refractivity contribution in [2.75, 3.05) is 0 Å². The van der Waals surface area contributed by atoms with Gasteiger partial charge in [0, 0.05) is 22.8 Å². The van der Waals surface area contributed by atoms with E-state index in [9.17, 15) is 0 Å². The summed E-state index contributed by atoms with van der Waals surface area (Å²) >= 11 is 0. The van der Waals surface area contributed by atoms with Gasteiger partial charge < -0.3 is 9.09 Å². The van der Waals surface area contributed by atoms with Crippen LogP contribution in [0.2, 0.25) is 0 Å². The molecule has 0 saturated carbocycles. The van der Waals surface area contributed by atoms with Crippen LogP contribution in [-0.2, 0) is 19.4 Å². The van der Waals surface area contributed by atoms with Crippen LogP contribution < -0.4 is 0 Å². The maximum absolute atomic E-state index is 5.38. The molecule has 0 fully saturated rings. The summed E-state index contributed by atoms with van der Waals surface area (Å²) in [6.45, 7) is 9.14. The van der Waals surface area contributed by atoms with E-state index in [-0.39, 0.29) is 0 Å². The first-order valence-electron chi connectivity index (χ1n) is 9.45. The van der Waals surface area contributed by atoms with Gasteiger partial charge in [0.15, 0.2) is 0 Å². The number of hydrogen-bond acceptors (Lipinski definition) is 3. The number of rotatable bonds is 5. The van der Waals surface area contributed by atoms with E-state index in [1.807, 2.05) is 20.0 Å². The molecule has 138 valence electrons. The molecule has 0 bridgehead atoms. The van der Waals surface area contributed by atoms with Crippen molar-refractivity contribution in [2.24, 2.45) is 0 Å². The largest absolute Gasteiger partial charge is 0.361 e. The minimum Gasteiger partial charge on any atom is -0.361 e. The molecule has 3 heterocycles. The Balaban J connectivity index is 1.77. The number of hydrogen-bond donors (Lipinski definition) is 0. The van der Waals surface area contributed by atoms with Gasteiger partial charge in [0.25, 0.3) is 0 Å². The average Bonchev–Trinajstić information content (AvgIpc) is 3.13. The number of nitrogens with zero attached hydrogens (tertiary/aromatic N) is 3. The van der Waals surface area contributed by atoms with Gasteiger partial charge >= 0.3 is 0 Å². The number of pyridine rings is 1. The summed E-state index contributed by atoms with van der Waals surface area (Å²) in [5.74, 6) is 0.890. The van der Waals surface area contributed by atoms with Gasteiger partial charge in [0.1, 0.15) is 5.76 Å². The third-order valence-corrected chi connectivity index (χ3v) is 5.61. The van der Waals surface area contributed by atoms with Crippen molar-refractivity contribution in [3.63, 3.8) is 0 Å². The summed E-state index contributed by atoms with van der Waals surface area (Å²) in [5.41, 5.74) is 8.45. The zero-order valence-corrected chi connectivity index (χ0v) is 16.4. The lowest BCUT2D eigenvalue weighted by Gasteiger charge is -2.11. The van der Waals surface area contributed by atoms with Gasteiger partial charge in [-0.1, -0.05) is 35.5 Å². The van der Waals surface area contributed by atoms with Crippen LogP contribution in [0.5, 0.6) is 0 Å². The summed E-state index contributed by atoms with van der Waals surface area (Å²) in [7, 11) is 0. The van der Waals surface area contributed by atoms with Crippen molar-refractivity contribution in [3.8, 4) is 0 Å². The third kappa shape index (κ3) is 3.16. The van der Waals surface area contributed by atoms with E-state index in [1.165, 1.54) is 27.7 Å². The topological polar surface area (TPSA) is 43.9 Å². The molecule has 0 spiro atoms. The predicted octanol–water partition coefficient (Wildman–Crippen LogP) is 5.09. The highest BCUT2D eigenvalue weighted by atomic mass is 16.5. The quantitative estimate of drug-likeness (QED) is 0.498. The van der Waals surface area contributed by atoms with Crippen molar-refractivity contribution in [3.05, 3.63) is 82.1 Å². The minimum absolute atomic E-state index is 0.765. The molecule has 4 aromatic rings. The molecule has 0 aliphatic carbocycles. The van der Waals surface area contributed by atoms with Crippen molar-refractivity contribution < 1.29 is 4.52 Å². The van der Waals surface area contributed by atoms with Crippen molar-refractivity contribution in [1.82, 2.24) is 14.7 Å². The van der Waals surface area contributed by atoms with Crippen LogP contribution in [0.4, 0.5) is 0 Å². The summed E-state index contributed by atoms with van der Waals surface area (Å²) in [6.07, 6.45) is 3.85. The molecule has 0 unspecified atom stereocenters. The van der Waals surface area contributed by atoms with Gasteiger partial charge in [-0.2, -0.15) is 0 Å². The first-order chi connectivity index (χ1) is 13.1. The van der Waals surface area contributed by atoms with E-state index >= 15 is 0 Å². The second-order valence-corrected chi connectivity index (χ2v) is 7.24. The molecule has 0 aliphatic rings. The van der Waals surface area contributed by atoms with Gasteiger partial charge in [0.2, 0.25) is 0 Å². The highest BCUT2D eigenvalue weighted by Gasteiger charge is 2.18. The molecule has 4 rings (SSSR count). The zero-order chi connectivity index (χ0) is 19.0. The minimum atomic E-state index is 0.765. The maximum atomic E-state index is 5.38. The van der Waals surface area contributed by atoms with Crippen LogP contribution in [-0.4, -0.2) is 14.7 Å². The molecular weight excluding hydrogens is 334 g/mol. The Morgan fingerprint density at radius 2 is 1.74 bits per heavy atom. The van der Waals surface area contributed by atoms with Gasteiger partial charge in [-0.05, 0) is 57.7 Å². The van der Waals surface area contributed by atoms with E-state index in [1.54, 1.807) is 0 Å². The smallest absolute Gasteiger partial charge is 0.138 e. The molecule has 0 atom stereocenters. The molecule has 0 aliphatic heterocycles. The van der Waals surface area contributed by atoms with E-state index in [4.69, 9.17) is 9.51 Å². The second-order valence-electron chi connectivity index (χ2n) is 7.24. The van der Waals surface area contributed by atoms with Crippen LogP contribution in [0.3, 0.4) is 0 Å². The lowest BCUT2D eigenvalue weighted by Crippen LogP contribution is -2.06. The SMILES string of the molecule is Cc1noc(C)c1Cn1c(C)c(C)c2ccnc(CCc3ccccc3)c21. The van der Waals surface area contributed by atoms with Crippen molar-refractivity contribution >= 4 is 10.9 Å². The molecule has 0 amide bonds. The number of aryl methyl sites for hydroxylation is 5. The standard InChI is InChI=1S/C23H25N3O/c1-15-17(3)26(14-21-16(2)25-27-18(21)4)23-20(15)12-13-24-22(23)11-10-19-8-6-5-7-9-19/h5-9,12-13H,10-11,14H2,1-4H3. The van der Waals surface area contributed by atoms with Crippen LogP contribution in [0.25, 0.3) is 10.9 Å². The fourth-order valence-electron chi connectivity index (χ4n) is 3.84. The normalized spacial score (nSPS) is 11.4. The van der Waals surface area contributed by atoms with Crippen LogP contribution >= 0.6 is 0 Å². The summed E-state index contributed by atoms with van der Waals surface area (Å²) in [4.78, 5) is 4.75.